The van der Waals surface area contributed by atoms with Crippen LogP contribution in [0.25, 0.3) is 10.8 Å². The third-order valence-electron chi connectivity index (χ3n) is 3.76. The first kappa shape index (κ1) is 13.8. The lowest BCUT2D eigenvalue weighted by molar-refractivity contribution is 0.745. The molecule has 2 aromatic carbocycles. The monoisotopic (exact) mass is 296 g/mol. The SMILES string of the molecule is CCC(c1cc(=O)[nH]c(=S)[nH]1)c1cccc2ccccc12. The van der Waals surface area contributed by atoms with Crippen LogP contribution in [0.15, 0.2) is 53.3 Å². The van der Waals surface area contributed by atoms with E-state index in [0.29, 0.717) is 4.77 Å². The maximum Gasteiger partial charge on any atom is 0.251 e. The molecule has 0 spiro atoms. The molecule has 3 nitrogen and oxygen atoms in total. The van der Waals surface area contributed by atoms with Gasteiger partial charge in [-0.25, -0.2) is 0 Å². The smallest absolute Gasteiger partial charge is 0.251 e. The van der Waals surface area contributed by atoms with Crippen LogP contribution in [0.4, 0.5) is 0 Å². The number of H-pyrrole nitrogens is 2. The standard InChI is InChI=1S/C17H16N2OS/c1-2-12(15-10-16(20)19-17(21)18-15)14-9-5-7-11-6-3-4-8-13(11)14/h3-10,12H,2H2,1H3,(H2,18,19,20,21). The highest BCUT2D eigenvalue weighted by atomic mass is 32.1. The summed E-state index contributed by atoms with van der Waals surface area (Å²) in [5.41, 5.74) is 1.92. The Morgan fingerprint density at radius 1 is 1.10 bits per heavy atom. The molecule has 0 amide bonds. The van der Waals surface area contributed by atoms with Gasteiger partial charge in [0, 0.05) is 17.7 Å². The van der Waals surface area contributed by atoms with Crippen LogP contribution in [0.3, 0.4) is 0 Å². The quantitative estimate of drug-likeness (QED) is 0.714. The molecule has 1 heterocycles. The minimum Gasteiger partial charge on any atom is -0.335 e. The Labute approximate surface area is 127 Å². The molecule has 0 bridgehead atoms. The second kappa shape index (κ2) is 5.66. The van der Waals surface area contributed by atoms with E-state index >= 15 is 0 Å². The molecule has 0 saturated carbocycles. The van der Waals surface area contributed by atoms with Gasteiger partial charge < -0.3 is 4.98 Å². The molecule has 0 fully saturated rings. The van der Waals surface area contributed by atoms with Crippen molar-refractivity contribution >= 4 is 23.0 Å². The summed E-state index contributed by atoms with van der Waals surface area (Å²) in [6, 6.07) is 16.2. The van der Waals surface area contributed by atoms with E-state index in [0.717, 1.165) is 12.1 Å². The fourth-order valence-corrected chi connectivity index (χ4v) is 3.06. The molecule has 3 aromatic rings. The van der Waals surface area contributed by atoms with E-state index in [1.807, 2.05) is 12.1 Å². The molecule has 4 heteroatoms. The van der Waals surface area contributed by atoms with Crippen LogP contribution >= 0.6 is 12.2 Å². The van der Waals surface area contributed by atoms with Crippen molar-refractivity contribution in [2.45, 2.75) is 19.3 Å². The van der Waals surface area contributed by atoms with Crippen LogP contribution in [-0.2, 0) is 0 Å². The van der Waals surface area contributed by atoms with E-state index < -0.39 is 0 Å². The Balaban J connectivity index is 2.23. The normalized spacial score (nSPS) is 12.4. The Morgan fingerprint density at radius 2 is 1.86 bits per heavy atom. The van der Waals surface area contributed by atoms with E-state index in [9.17, 15) is 4.79 Å². The molecule has 1 aromatic heterocycles. The Kier molecular flexibility index (Phi) is 3.71. The highest BCUT2D eigenvalue weighted by Gasteiger charge is 2.16. The van der Waals surface area contributed by atoms with Crippen molar-refractivity contribution in [3.8, 4) is 0 Å². The van der Waals surface area contributed by atoms with E-state index in [4.69, 9.17) is 12.2 Å². The zero-order valence-corrected chi connectivity index (χ0v) is 12.5. The third-order valence-corrected chi connectivity index (χ3v) is 3.97. The number of rotatable bonds is 3. The van der Waals surface area contributed by atoms with Crippen molar-refractivity contribution in [2.24, 2.45) is 0 Å². The van der Waals surface area contributed by atoms with Gasteiger partial charge in [-0.05, 0) is 35.0 Å². The number of benzene rings is 2. The lowest BCUT2D eigenvalue weighted by Crippen LogP contribution is -2.12. The summed E-state index contributed by atoms with van der Waals surface area (Å²) >= 11 is 5.09. The number of hydrogen-bond acceptors (Lipinski definition) is 2. The third kappa shape index (κ3) is 2.67. The van der Waals surface area contributed by atoms with Gasteiger partial charge in [-0.15, -0.1) is 0 Å². The van der Waals surface area contributed by atoms with Crippen LogP contribution in [0, 0.1) is 4.77 Å². The van der Waals surface area contributed by atoms with Crippen molar-refractivity contribution in [3.63, 3.8) is 0 Å². The van der Waals surface area contributed by atoms with Crippen LogP contribution in [-0.4, -0.2) is 9.97 Å². The van der Waals surface area contributed by atoms with Gasteiger partial charge in [-0.3, -0.25) is 9.78 Å². The summed E-state index contributed by atoms with van der Waals surface area (Å²) in [7, 11) is 0. The first-order valence-corrected chi connectivity index (χ1v) is 7.41. The molecule has 0 saturated heterocycles. The van der Waals surface area contributed by atoms with Crippen molar-refractivity contribution in [2.75, 3.05) is 0 Å². The molecule has 2 N–H and O–H groups in total. The highest BCUT2D eigenvalue weighted by Crippen LogP contribution is 2.31. The summed E-state index contributed by atoms with van der Waals surface area (Å²) in [6.45, 7) is 2.12. The average molecular weight is 296 g/mol. The van der Waals surface area contributed by atoms with Gasteiger partial charge in [0.2, 0.25) is 0 Å². The summed E-state index contributed by atoms with van der Waals surface area (Å²) < 4.78 is 0.371. The summed E-state index contributed by atoms with van der Waals surface area (Å²) in [5, 5.41) is 2.42. The molecule has 21 heavy (non-hydrogen) atoms. The number of aromatic nitrogens is 2. The number of aromatic amines is 2. The summed E-state index contributed by atoms with van der Waals surface area (Å²) in [5.74, 6) is 0.125. The second-order valence-corrected chi connectivity index (χ2v) is 5.48. The predicted octanol–water partition coefficient (Wildman–Crippen LogP) is 4.13. The lowest BCUT2D eigenvalue weighted by atomic mass is 9.89. The minimum atomic E-state index is -0.160. The van der Waals surface area contributed by atoms with E-state index in [1.165, 1.54) is 16.3 Å². The first-order chi connectivity index (χ1) is 10.2. The average Bonchev–Trinajstić information content (AvgIpc) is 2.47. The van der Waals surface area contributed by atoms with Gasteiger partial charge in [0.05, 0.1) is 0 Å². The summed E-state index contributed by atoms with van der Waals surface area (Å²) in [4.78, 5) is 17.4. The van der Waals surface area contributed by atoms with E-state index in [-0.39, 0.29) is 11.5 Å². The fourth-order valence-electron chi connectivity index (χ4n) is 2.84. The van der Waals surface area contributed by atoms with Gasteiger partial charge in [0.25, 0.3) is 5.56 Å². The summed E-state index contributed by atoms with van der Waals surface area (Å²) in [6.07, 6.45) is 0.892. The van der Waals surface area contributed by atoms with Gasteiger partial charge in [0.1, 0.15) is 0 Å². The Hall–Kier alpha value is -2.20. The Bertz CT molecular complexity index is 861. The van der Waals surface area contributed by atoms with Crippen LogP contribution in [0.5, 0.6) is 0 Å². The lowest BCUT2D eigenvalue weighted by Gasteiger charge is -2.17. The van der Waals surface area contributed by atoms with E-state index in [1.54, 1.807) is 6.07 Å². The van der Waals surface area contributed by atoms with Gasteiger partial charge in [-0.1, -0.05) is 49.4 Å². The molecule has 106 valence electrons. The molecule has 1 unspecified atom stereocenters. The van der Waals surface area contributed by atoms with E-state index in [2.05, 4.69) is 47.2 Å². The minimum absolute atomic E-state index is 0.125. The first-order valence-electron chi connectivity index (χ1n) is 7.00. The maximum atomic E-state index is 11.7. The van der Waals surface area contributed by atoms with Crippen molar-refractivity contribution in [3.05, 3.63) is 74.9 Å². The molecule has 0 aliphatic carbocycles. The largest absolute Gasteiger partial charge is 0.335 e. The van der Waals surface area contributed by atoms with Crippen LogP contribution in [0.2, 0.25) is 0 Å². The Morgan fingerprint density at radius 3 is 2.62 bits per heavy atom. The zero-order valence-electron chi connectivity index (χ0n) is 11.7. The molecule has 0 aliphatic heterocycles. The van der Waals surface area contributed by atoms with Crippen LogP contribution in [0.1, 0.15) is 30.5 Å². The molecule has 0 radical (unpaired) electrons. The van der Waals surface area contributed by atoms with Crippen molar-refractivity contribution < 1.29 is 0 Å². The maximum absolute atomic E-state index is 11.7. The van der Waals surface area contributed by atoms with Gasteiger partial charge >= 0.3 is 0 Å². The highest BCUT2D eigenvalue weighted by molar-refractivity contribution is 7.71. The molecule has 3 rings (SSSR count). The predicted molar refractivity (Wildman–Crippen MR) is 88.3 cm³/mol. The topological polar surface area (TPSA) is 48.6 Å². The molecule has 1 atom stereocenters. The van der Waals surface area contributed by atoms with Gasteiger partial charge in [0.15, 0.2) is 4.77 Å². The fraction of sp³-hybridized carbons (Fsp3) is 0.176. The molecule has 0 aliphatic rings. The van der Waals surface area contributed by atoms with Crippen LogP contribution < -0.4 is 5.56 Å². The van der Waals surface area contributed by atoms with Crippen molar-refractivity contribution in [1.29, 1.82) is 0 Å². The molecular weight excluding hydrogens is 280 g/mol. The number of hydrogen-bond donors (Lipinski definition) is 2. The van der Waals surface area contributed by atoms with Crippen molar-refractivity contribution in [1.82, 2.24) is 9.97 Å². The molecular formula is C17H16N2OS. The second-order valence-electron chi connectivity index (χ2n) is 5.07. The van der Waals surface area contributed by atoms with Gasteiger partial charge in [-0.2, -0.15) is 0 Å². The number of nitrogens with one attached hydrogen (secondary N) is 2. The zero-order chi connectivity index (χ0) is 14.8. The number of fused-ring (bicyclic) bond motifs is 1.